The summed E-state index contributed by atoms with van der Waals surface area (Å²) in [6.07, 6.45) is 0. The second-order valence-electron chi connectivity index (χ2n) is 7.23. The Bertz CT molecular complexity index is 933. The van der Waals surface area contributed by atoms with Gasteiger partial charge in [0.2, 0.25) is 11.7 Å². The highest BCUT2D eigenvalue weighted by Crippen LogP contribution is 2.32. The first-order valence-corrected chi connectivity index (χ1v) is 9.17. The fraction of sp³-hybridized carbons (Fsp3) is 0.333. The molecule has 28 heavy (non-hydrogen) atoms. The first-order valence-electron chi connectivity index (χ1n) is 9.17. The molecule has 0 spiro atoms. The van der Waals surface area contributed by atoms with Crippen molar-refractivity contribution in [1.29, 1.82) is 0 Å². The van der Waals surface area contributed by atoms with E-state index in [1.54, 1.807) is 19.1 Å². The molecule has 1 aliphatic heterocycles. The number of hydrogen-bond donors (Lipinski definition) is 1. The smallest absolute Gasteiger partial charge is 0.244 e. The third-order valence-corrected chi connectivity index (χ3v) is 5.38. The number of benzene rings is 2. The molecule has 1 saturated heterocycles. The Morgan fingerprint density at radius 3 is 2.64 bits per heavy atom. The molecule has 1 unspecified atom stereocenters. The van der Waals surface area contributed by atoms with Crippen LogP contribution in [0.1, 0.15) is 35.9 Å². The molecule has 1 aliphatic rings. The molecule has 0 amide bonds. The van der Waals surface area contributed by atoms with Crippen LogP contribution in [0.4, 0.5) is 4.39 Å². The average molecular weight is 403 g/mol. The summed E-state index contributed by atoms with van der Waals surface area (Å²) in [7, 11) is 0. The zero-order chi connectivity index (χ0) is 19.0. The zero-order valence-corrected chi connectivity index (χ0v) is 16.7. The van der Waals surface area contributed by atoms with Crippen molar-refractivity contribution in [1.82, 2.24) is 15.0 Å². The average Bonchev–Trinajstić information content (AvgIpc) is 3.31. The highest BCUT2D eigenvalue weighted by molar-refractivity contribution is 5.85. The second kappa shape index (κ2) is 8.39. The maximum atomic E-state index is 13.5. The third-order valence-electron chi connectivity index (χ3n) is 5.38. The lowest BCUT2D eigenvalue weighted by Gasteiger charge is -2.20. The van der Waals surface area contributed by atoms with Crippen molar-refractivity contribution in [2.75, 3.05) is 13.1 Å². The Hall–Kier alpha value is -2.28. The summed E-state index contributed by atoms with van der Waals surface area (Å²) in [4.78, 5) is 6.81. The van der Waals surface area contributed by atoms with Crippen molar-refractivity contribution in [3.05, 3.63) is 71.4 Å². The highest BCUT2D eigenvalue weighted by Gasteiger charge is 2.35. The number of hydrogen-bond acceptors (Lipinski definition) is 5. The highest BCUT2D eigenvalue weighted by atomic mass is 35.5. The Labute approximate surface area is 170 Å². The van der Waals surface area contributed by atoms with Crippen LogP contribution < -0.4 is 5.73 Å². The molecule has 2 aromatic carbocycles. The van der Waals surface area contributed by atoms with Crippen molar-refractivity contribution in [2.45, 2.75) is 31.8 Å². The molecule has 0 radical (unpaired) electrons. The first-order chi connectivity index (χ1) is 13.0. The molecule has 2 N–H and O–H groups in total. The molecule has 2 heterocycles. The summed E-state index contributed by atoms with van der Waals surface area (Å²) in [6, 6.07) is 15.2. The molecule has 5 nitrogen and oxygen atoms in total. The van der Waals surface area contributed by atoms with Crippen molar-refractivity contribution >= 4 is 12.4 Å². The maximum Gasteiger partial charge on any atom is 0.244 e. The van der Waals surface area contributed by atoms with Gasteiger partial charge in [-0.15, -0.1) is 12.4 Å². The van der Waals surface area contributed by atoms with E-state index in [2.05, 4.69) is 27.2 Å². The van der Waals surface area contributed by atoms with Gasteiger partial charge in [0.05, 0.1) is 6.04 Å². The van der Waals surface area contributed by atoms with E-state index in [0.717, 1.165) is 18.7 Å². The van der Waals surface area contributed by atoms with Crippen molar-refractivity contribution < 1.29 is 8.91 Å². The van der Waals surface area contributed by atoms with Gasteiger partial charge in [-0.05, 0) is 43.2 Å². The predicted molar refractivity (Wildman–Crippen MR) is 109 cm³/mol. The maximum absolute atomic E-state index is 13.5. The predicted octanol–water partition coefficient (Wildman–Crippen LogP) is 4.09. The Morgan fingerprint density at radius 1 is 1.18 bits per heavy atom. The van der Waals surface area contributed by atoms with Crippen LogP contribution in [0, 0.1) is 12.7 Å². The largest absolute Gasteiger partial charge is 0.337 e. The van der Waals surface area contributed by atoms with E-state index < -0.39 is 0 Å². The Kier molecular flexibility index (Phi) is 6.13. The Balaban J connectivity index is 0.00000225. The van der Waals surface area contributed by atoms with Crippen molar-refractivity contribution in [2.24, 2.45) is 5.73 Å². The summed E-state index contributed by atoms with van der Waals surface area (Å²) in [5.41, 5.74) is 8.96. The van der Waals surface area contributed by atoms with Crippen LogP contribution in [0.2, 0.25) is 0 Å². The minimum Gasteiger partial charge on any atom is -0.337 e. The number of nitrogens with two attached hydrogens (primary N) is 1. The summed E-state index contributed by atoms with van der Waals surface area (Å²) in [6.45, 7) is 5.39. The van der Waals surface area contributed by atoms with E-state index in [9.17, 15) is 4.39 Å². The SMILES string of the molecule is Cc1cc(-c2noc(C(C)N3C[C@@H](N)[C@H](c4ccccc4)C3)n2)ccc1F.Cl. The van der Waals surface area contributed by atoms with Gasteiger partial charge in [-0.2, -0.15) is 4.98 Å². The molecule has 1 fully saturated rings. The van der Waals surface area contributed by atoms with Gasteiger partial charge in [0, 0.05) is 30.6 Å². The van der Waals surface area contributed by atoms with Gasteiger partial charge in [0.25, 0.3) is 0 Å². The van der Waals surface area contributed by atoms with Gasteiger partial charge in [-0.3, -0.25) is 4.90 Å². The summed E-state index contributed by atoms with van der Waals surface area (Å²) in [5.74, 6) is 1.07. The summed E-state index contributed by atoms with van der Waals surface area (Å²) >= 11 is 0. The monoisotopic (exact) mass is 402 g/mol. The molecule has 0 aliphatic carbocycles. The van der Waals surface area contributed by atoms with E-state index in [-0.39, 0.29) is 36.2 Å². The van der Waals surface area contributed by atoms with E-state index in [0.29, 0.717) is 17.3 Å². The number of aromatic nitrogens is 2. The molecule has 0 bridgehead atoms. The van der Waals surface area contributed by atoms with Crippen LogP contribution in [-0.4, -0.2) is 34.2 Å². The Morgan fingerprint density at radius 2 is 1.93 bits per heavy atom. The van der Waals surface area contributed by atoms with Crippen LogP contribution in [0.15, 0.2) is 53.1 Å². The summed E-state index contributed by atoms with van der Waals surface area (Å²) < 4.78 is 19.0. The molecular formula is C21H24ClFN4O. The van der Waals surface area contributed by atoms with Crippen LogP contribution in [-0.2, 0) is 0 Å². The number of rotatable bonds is 4. The molecular weight excluding hydrogens is 379 g/mol. The number of aryl methyl sites for hydroxylation is 1. The number of halogens is 2. The first kappa shape index (κ1) is 20.5. The van der Waals surface area contributed by atoms with Crippen molar-refractivity contribution in [3.8, 4) is 11.4 Å². The molecule has 3 aromatic rings. The normalized spacial score (nSPS) is 20.7. The van der Waals surface area contributed by atoms with Crippen LogP contribution >= 0.6 is 12.4 Å². The zero-order valence-electron chi connectivity index (χ0n) is 15.9. The number of nitrogens with zero attached hydrogens (tertiary/aromatic N) is 3. The lowest BCUT2D eigenvalue weighted by atomic mass is 9.95. The van der Waals surface area contributed by atoms with E-state index in [4.69, 9.17) is 10.3 Å². The van der Waals surface area contributed by atoms with Gasteiger partial charge >= 0.3 is 0 Å². The molecule has 3 atom stereocenters. The lowest BCUT2D eigenvalue weighted by molar-refractivity contribution is 0.206. The second-order valence-corrected chi connectivity index (χ2v) is 7.23. The van der Waals surface area contributed by atoms with Crippen LogP contribution in [0.5, 0.6) is 0 Å². The standard InChI is InChI=1S/C21H23FN4O.ClH/c1-13-10-16(8-9-18(13)22)20-24-21(27-25-20)14(2)26-11-17(19(23)12-26)15-6-4-3-5-7-15;/h3-10,14,17,19H,11-12,23H2,1-2H3;1H/t14?,17-,19+;/m0./s1. The molecule has 0 saturated carbocycles. The van der Waals surface area contributed by atoms with Gasteiger partial charge < -0.3 is 10.3 Å². The fourth-order valence-electron chi connectivity index (χ4n) is 3.69. The van der Waals surface area contributed by atoms with E-state index in [1.807, 2.05) is 25.1 Å². The van der Waals surface area contributed by atoms with Gasteiger partial charge in [-0.25, -0.2) is 4.39 Å². The topological polar surface area (TPSA) is 68.2 Å². The molecule has 4 rings (SSSR count). The fourth-order valence-corrected chi connectivity index (χ4v) is 3.69. The third kappa shape index (κ3) is 3.94. The van der Waals surface area contributed by atoms with E-state index in [1.165, 1.54) is 11.6 Å². The van der Waals surface area contributed by atoms with Gasteiger partial charge in [0.15, 0.2) is 0 Å². The molecule has 7 heteroatoms. The minimum atomic E-state index is -0.242. The van der Waals surface area contributed by atoms with Gasteiger partial charge in [0.1, 0.15) is 5.82 Å². The lowest BCUT2D eigenvalue weighted by Crippen LogP contribution is -2.30. The summed E-state index contributed by atoms with van der Waals surface area (Å²) in [5, 5.41) is 4.08. The van der Waals surface area contributed by atoms with Crippen molar-refractivity contribution in [3.63, 3.8) is 0 Å². The van der Waals surface area contributed by atoms with Gasteiger partial charge in [-0.1, -0.05) is 35.5 Å². The number of likely N-dealkylation sites (tertiary alicyclic amines) is 1. The van der Waals surface area contributed by atoms with E-state index >= 15 is 0 Å². The van der Waals surface area contributed by atoms with Crippen LogP contribution in [0.25, 0.3) is 11.4 Å². The minimum absolute atomic E-state index is 0. The molecule has 1 aromatic heterocycles. The quantitative estimate of drug-likeness (QED) is 0.711. The molecule has 148 valence electrons. The van der Waals surface area contributed by atoms with Crippen LogP contribution in [0.3, 0.4) is 0 Å².